The molecule has 2 heterocycles. The van der Waals surface area contributed by atoms with Gasteiger partial charge in [0, 0.05) is 13.0 Å². The molecule has 1 aromatic rings. The number of rotatable bonds is 1. The van der Waals surface area contributed by atoms with E-state index >= 15 is 0 Å². The van der Waals surface area contributed by atoms with E-state index in [2.05, 4.69) is 0 Å². The van der Waals surface area contributed by atoms with Crippen LogP contribution in [0.4, 0.5) is 0 Å². The summed E-state index contributed by atoms with van der Waals surface area (Å²) in [5.74, 6) is 0.457. The molecule has 20 heavy (non-hydrogen) atoms. The maximum atomic E-state index is 12.2. The van der Waals surface area contributed by atoms with Gasteiger partial charge in [0.05, 0.1) is 24.6 Å². The Morgan fingerprint density at radius 2 is 2.25 bits per heavy atom. The lowest BCUT2D eigenvalue weighted by Gasteiger charge is -2.34. The Bertz CT molecular complexity index is 620. The van der Waals surface area contributed by atoms with Crippen molar-refractivity contribution in [3.8, 4) is 11.8 Å². The Morgan fingerprint density at radius 3 is 3.05 bits per heavy atom. The van der Waals surface area contributed by atoms with Crippen LogP contribution in [-0.4, -0.2) is 35.3 Å². The third kappa shape index (κ3) is 2.03. The summed E-state index contributed by atoms with van der Waals surface area (Å²) in [5.41, 5.74) is -0.00349. The van der Waals surface area contributed by atoms with Gasteiger partial charge in [0.2, 0.25) is 5.91 Å². The monoisotopic (exact) mass is 270 g/mol. The molecule has 0 bridgehead atoms. The molecule has 0 aliphatic carbocycles. The van der Waals surface area contributed by atoms with E-state index in [-0.39, 0.29) is 18.1 Å². The standard InChI is InChI=1S/C15H14N2O3/c16-7-5-14(19)17-8-6-15(10-17)9-12(18)11-3-1-2-4-13(11)20-15/h1-4H,5-6,8-10H2. The molecule has 1 saturated heterocycles. The molecule has 1 spiro atoms. The molecule has 2 aliphatic heterocycles. The van der Waals surface area contributed by atoms with Gasteiger partial charge in [-0.3, -0.25) is 9.59 Å². The van der Waals surface area contributed by atoms with E-state index in [1.807, 2.05) is 18.2 Å². The molecule has 0 radical (unpaired) electrons. The number of fused-ring (bicyclic) bond motifs is 1. The summed E-state index contributed by atoms with van der Waals surface area (Å²) >= 11 is 0. The molecular formula is C15H14N2O3. The molecule has 5 heteroatoms. The first-order valence-corrected chi connectivity index (χ1v) is 6.59. The van der Waals surface area contributed by atoms with Crippen molar-refractivity contribution in [2.75, 3.05) is 13.1 Å². The zero-order chi connectivity index (χ0) is 14.2. The van der Waals surface area contributed by atoms with Crippen LogP contribution in [0.5, 0.6) is 5.75 Å². The first kappa shape index (κ1) is 12.7. The fourth-order valence-electron chi connectivity index (χ4n) is 2.91. The fourth-order valence-corrected chi connectivity index (χ4v) is 2.91. The van der Waals surface area contributed by atoms with Gasteiger partial charge in [-0.15, -0.1) is 0 Å². The number of carbonyl (C=O) groups excluding carboxylic acids is 2. The third-order valence-corrected chi connectivity index (χ3v) is 3.90. The van der Waals surface area contributed by atoms with Crippen molar-refractivity contribution < 1.29 is 14.3 Å². The van der Waals surface area contributed by atoms with Crippen molar-refractivity contribution in [2.45, 2.75) is 24.9 Å². The highest BCUT2D eigenvalue weighted by Gasteiger charge is 2.46. The van der Waals surface area contributed by atoms with Crippen LogP contribution >= 0.6 is 0 Å². The highest BCUT2D eigenvalue weighted by molar-refractivity contribution is 6.00. The maximum Gasteiger partial charge on any atom is 0.236 e. The molecule has 0 N–H and O–H groups in total. The molecule has 102 valence electrons. The largest absolute Gasteiger partial charge is 0.484 e. The second-order valence-electron chi connectivity index (χ2n) is 5.28. The van der Waals surface area contributed by atoms with Gasteiger partial charge in [0.15, 0.2) is 5.78 Å². The number of likely N-dealkylation sites (tertiary alicyclic amines) is 1. The van der Waals surface area contributed by atoms with E-state index < -0.39 is 5.60 Å². The summed E-state index contributed by atoms with van der Waals surface area (Å²) in [4.78, 5) is 25.6. The quantitative estimate of drug-likeness (QED) is 0.776. The molecule has 1 aromatic carbocycles. The Kier molecular flexibility index (Phi) is 2.94. The predicted molar refractivity (Wildman–Crippen MR) is 70.2 cm³/mol. The lowest BCUT2D eigenvalue weighted by Crippen LogP contribution is -2.45. The zero-order valence-electron chi connectivity index (χ0n) is 11.0. The summed E-state index contributed by atoms with van der Waals surface area (Å²) in [6, 6.07) is 9.06. The average molecular weight is 270 g/mol. The first-order chi connectivity index (χ1) is 9.63. The minimum atomic E-state index is -0.615. The number of amides is 1. The second-order valence-corrected chi connectivity index (χ2v) is 5.28. The van der Waals surface area contributed by atoms with E-state index in [4.69, 9.17) is 10.00 Å². The third-order valence-electron chi connectivity index (χ3n) is 3.90. The topological polar surface area (TPSA) is 70.4 Å². The summed E-state index contributed by atoms with van der Waals surface area (Å²) < 4.78 is 6.01. The van der Waals surface area contributed by atoms with Crippen LogP contribution in [0.1, 0.15) is 29.6 Å². The van der Waals surface area contributed by atoms with Gasteiger partial charge in [0.1, 0.15) is 17.8 Å². The normalized spacial score (nSPS) is 24.1. The molecule has 1 amide bonds. The maximum absolute atomic E-state index is 12.2. The lowest BCUT2D eigenvalue weighted by atomic mass is 9.89. The Labute approximate surface area is 116 Å². The molecule has 1 unspecified atom stereocenters. The van der Waals surface area contributed by atoms with E-state index in [0.717, 1.165) is 0 Å². The minimum Gasteiger partial charge on any atom is -0.484 e. The first-order valence-electron chi connectivity index (χ1n) is 6.59. The molecule has 5 nitrogen and oxygen atoms in total. The van der Waals surface area contributed by atoms with E-state index in [9.17, 15) is 9.59 Å². The predicted octanol–water partition coefficient (Wildman–Crippen LogP) is 1.54. The van der Waals surface area contributed by atoms with Crippen LogP contribution in [-0.2, 0) is 4.79 Å². The number of nitrogens with zero attached hydrogens (tertiary/aromatic N) is 2. The van der Waals surface area contributed by atoms with Crippen LogP contribution < -0.4 is 4.74 Å². The Balaban J connectivity index is 1.82. The number of carbonyl (C=O) groups is 2. The van der Waals surface area contributed by atoms with Crippen molar-refractivity contribution in [1.82, 2.24) is 4.90 Å². The van der Waals surface area contributed by atoms with Crippen molar-refractivity contribution in [1.29, 1.82) is 5.26 Å². The van der Waals surface area contributed by atoms with Gasteiger partial charge in [0.25, 0.3) is 0 Å². The van der Waals surface area contributed by atoms with Crippen molar-refractivity contribution in [2.24, 2.45) is 0 Å². The van der Waals surface area contributed by atoms with Crippen molar-refractivity contribution >= 4 is 11.7 Å². The molecule has 0 saturated carbocycles. The Hall–Kier alpha value is -2.35. The zero-order valence-corrected chi connectivity index (χ0v) is 11.0. The highest BCUT2D eigenvalue weighted by atomic mass is 16.5. The van der Waals surface area contributed by atoms with Crippen LogP contribution in [0.15, 0.2) is 24.3 Å². The van der Waals surface area contributed by atoms with Crippen molar-refractivity contribution in [3.63, 3.8) is 0 Å². The number of Topliss-reactive ketones (excluding diaryl/α,β-unsaturated/α-hetero) is 1. The van der Waals surface area contributed by atoms with Crippen LogP contribution in [0, 0.1) is 11.3 Å². The van der Waals surface area contributed by atoms with Gasteiger partial charge < -0.3 is 9.64 Å². The summed E-state index contributed by atoms with van der Waals surface area (Å²) in [7, 11) is 0. The summed E-state index contributed by atoms with van der Waals surface area (Å²) in [5, 5.41) is 8.59. The van der Waals surface area contributed by atoms with Gasteiger partial charge in [-0.1, -0.05) is 12.1 Å². The van der Waals surface area contributed by atoms with Crippen LogP contribution in [0.2, 0.25) is 0 Å². The van der Waals surface area contributed by atoms with Crippen LogP contribution in [0.25, 0.3) is 0 Å². The number of ether oxygens (including phenoxy) is 1. The van der Waals surface area contributed by atoms with Gasteiger partial charge >= 0.3 is 0 Å². The molecule has 2 aliphatic rings. The minimum absolute atomic E-state index is 0.0569. The van der Waals surface area contributed by atoms with Crippen LogP contribution in [0.3, 0.4) is 0 Å². The molecular weight excluding hydrogens is 256 g/mol. The SMILES string of the molecule is N#CCC(=O)N1CCC2(CC(=O)c3ccccc3O2)C1. The van der Waals surface area contributed by atoms with E-state index in [1.165, 1.54) is 0 Å². The van der Waals surface area contributed by atoms with Gasteiger partial charge in [-0.25, -0.2) is 0 Å². The summed E-state index contributed by atoms with van der Waals surface area (Å²) in [6.07, 6.45) is 0.797. The number of para-hydroxylation sites is 1. The number of benzene rings is 1. The molecule has 1 fully saturated rings. The average Bonchev–Trinajstić information content (AvgIpc) is 2.83. The lowest BCUT2D eigenvalue weighted by molar-refractivity contribution is -0.129. The number of hydrogen-bond acceptors (Lipinski definition) is 4. The highest BCUT2D eigenvalue weighted by Crippen LogP contribution is 2.38. The molecule has 3 rings (SSSR count). The number of hydrogen-bond donors (Lipinski definition) is 0. The molecule has 1 atom stereocenters. The number of ketones is 1. The van der Waals surface area contributed by atoms with Gasteiger partial charge in [-0.2, -0.15) is 5.26 Å². The van der Waals surface area contributed by atoms with E-state index in [0.29, 0.717) is 37.2 Å². The Morgan fingerprint density at radius 1 is 1.45 bits per heavy atom. The summed E-state index contributed by atoms with van der Waals surface area (Å²) in [6.45, 7) is 0.920. The van der Waals surface area contributed by atoms with E-state index in [1.54, 1.807) is 17.0 Å². The molecule has 0 aromatic heterocycles. The smallest absolute Gasteiger partial charge is 0.236 e. The number of nitriles is 1. The van der Waals surface area contributed by atoms with Gasteiger partial charge in [-0.05, 0) is 12.1 Å². The van der Waals surface area contributed by atoms with Crippen molar-refractivity contribution in [3.05, 3.63) is 29.8 Å². The fraction of sp³-hybridized carbons (Fsp3) is 0.400. The second kappa shape index (κ2) is 4.64.